The summed E-state index contributed by atoms with van der Waals surface area (Å²) in [4.78, 5) is 0. The van der Waals surface area contributed by atoms with E-state index in [4.69, 9.17) is 5.73 Å². The molecule has 0 spiro atoms. The van der Waals surface area contributed by atoms with Crippen LogP contribution in [0.25, 0.3) is 0 Å². The number of nitrogens with two attached hydrogens (primary N) is 1. The number of nitrogens with one attached hydrogen (secondary N) is 1. The topological polar surface area (TPSA) is 38.0 Å². The van der Waals surface area contributed by atoms with Gasteiger partial charge in [0.05, 0.1) is 0 Å². The molecule has 3 N–H and O–H groups in total. The van der Waals surface area contributed by atoms with Gasteiger partial charge in [-0.1, -0.05) is 6.07 Å². The fourth-order valence-electron chi connectivity index (χ4n) is 1.34. The van der Waals surface area contributed by atoms with Crippen LogP contribution in [0, 0.1) is 6.92 Å². The summed E-state index contributed by atoms with van der Waals surface area (Å²) in [6.45, 7) is 4.08. The number of rotatable bonds is 2. The molecular formula is C10H16N2. The molecule has 66 valence electrons. The largest absolute Gasteiger partial charge is 0.388 e. The fraction of sp³-hybridized carbons (Fsp3) is 0.400. The van der Waals surface area contributed by atoms with E-state index in [1.54, 1.807) is 0 Å². The number of benzene rings is 1. The SMILES string of the molecule is CNc1ccc(C(C)N)c(C)c1. The summed E-state index contributed by atoms with van der Waals surface area (Å²) in [5.74, 6) is 0. The van der Waals surface area contributed by atoms with E-state index in [9.17, 15) is 0 Å². The van der Waals surface area contributed by atoms with Crippen LogP contribution in [0.1, 0.15) is 24.1 Å². The molecule has 0 aliphatic carbocycles. The molecule has 0 fully saturated rings. The highest BCUT2D eigenvalue weighted by molar-refractivity contribution is 5.48. The van der Waals surface area contributed by atoms with Crippen LogP contribution in [0.5, 0.6) is 0 Å². The predicted octanol–water partition coefficient (Wildman–Crippen LogP) is 2.06. The molecule has 0 saturated carbocycles. The summed E-state index contributed by atoms with van der Waals surface area (Å²) in [5.41, 5.74) is 9.39. The standard InChI is InChI=1S/C10H16N2/c1-7-6-9(12-3)4-5-10(7)8(2)11/h4-6,8,12H,11H2,1-3H3. The van der Waals surface area contributed by atoms with Gasteiger partial charge in [-0.2, -0.15) is 0 Å². The van der Waals surface area contributed by atoms with Crippen LogP contribution in [0.2, 0.25) is 0 Å². The van der Waals surface area contributed by atoms with E-state index in [0.29, 0.717) is 0 Å². The van der Waals surface area contributed by atoms with E-state index in [1.807, 2.05) is 20.0 Å². The zero-order valence-corrected chi connectivity index (χ0v) is 7.89. The Hall–Kier alpha value is -1.02. The lowest BCUT2D eigenvalue weighted by atomic mass is 10.0. The molecule has 2 nitrogen and oxygen atoms in total. The second-order valence-electron chi connectivity index (χ2n) is 3.11. The molecule has 1 unspecified atom stereocenters. The highest BCUT2D eigenvalue weighted by Crippen LogP contribution is 2.18. The summed E-state index contributed by atoms with van der Waals surface area (Å²) in [6.07, 6.45) is 0. The Balaban J connectivity index is 3.03. The average Bonchev–Trinajstić information content (AvgIpc) is 2.03. The van der Waals surface area contributed by atoms with Crippen molar-refractivity contribution < 1.29 is 0 Å². The van der Waals surface area contributed by atoms with Crippen LogP contribution >= 0.6 is 0 Å². The van der Waals surface area contributed by atoms with Crippen molar-refractivity contribution in [1.29, 1.82) is 0 Å². The van der Waals surface area contributed by atoms with Crippen molar-refractivity contribution in [1.82, 2.24) is 0 Å². The maximum absolute atomic E-state index is 5.79. The number of hydrogen-bond donors (Lipinski definition) is 2. The van der Waals surface area contributed by atoms with Gasteiger partial charge in [-0.05, 0) is 37.1 Å². The van der Waals surface area contributed by atoms with Gasteiger partial charge in [0, 0.05) is 18.8 Å². The summed E-state index contributed by atoms with van der Waals surface area (Å²) in [5, 5.41) is 3.09. The Morgan fingerprint density at radius 1 is 1.42 bits per heavy atom. The molecule has 0 heterocycles. The van der Waals surface area contributed by atoms with Crippen molar-refractivity contribution in [3.05, 3.63) is 29.3 Å². The predicted molar refractivity (Wildman–Crippen MR) is 53.3 cm³/mol. The van der Waals surface area contributed by atoms with Crippen LogP contribution in [0.3, 0.4) is 0 Å². The van der Waals surface area contributed by atoms with Crippen molar-refractivity contribution in [2.45, 2.75) is 19.9 Å². The summed E-state index contributed by atoms with van der Waals surface area (Å²) >= 11 is 0. The molecule has 12 heavy (non-hydrogen) atoms. The van der Waals surface area contributed by atoms with Crippen molar-refractivity contribution >= 4 is 5.69 Å². The van der Waals surface area contributed by atoms with E-state index >= 15 is 0 Å². The first-order chi connectivity index (χ1) is 5.65. The van der Waals surface area contributed by atoms with Crippen LogP contribution in [-0.4, -0.2) is 7.05 Å². The first kappa shape index (κ1) is 9.07. The summed E-state index contributed by atoms with van der Waals surface area (Å²) in [7, 11) is 1.92. The van der Waals surface area contributed by atoms with E-state index < -0.39 is 0 Å². The maximum Gasteiger partial charge on any atom is 0.0340 e. The van der Waals surface area contributed by atoms with Crippen molar-refractivity contribution in [3.8, 4) is 0 Å². The number of hydrogen-bond acceptors (Lipinski definition) is 2. The molecule has 1 atom stereocenters. The molecule has 0 aromatic heterocycles. The van der Waals surface area contributed by atoms with E-state index in [2.05, 4.69) is 24.4 Å². The third-order valence-electron chi connectivity index (χ3n) is 2.05. The third kappa shape index (κ3) is 1.77. The lowest BCUT2D eigenvalue weighted by molar-refractivity contribution is 0.810. The lowest BCUT2D eigenvalue weighted by Gasteiger charge is -2.10. The molecule has 0 bridgehead atoms. The smallest absolute Gasteiger partial charge is 0.0340 e. The van der Waals surface area contributed by atoms with Gasteiger partial charge >= 0.3 is 0 Å². The van der Waals surface area contributed by atoms with Gasteiger partial charge in [-0.25, -0.2) is 0 Å². The Labute approximate surface area is 73.8 Å². The molecule has 1 rings (SSSR count). The van der Waals surface area contributed by atoms with Gasteiger partial charge in [0.15, 0.2) is 0 Å². The molecule has 0 saturated heterocycles. The minimum Gasteiger partial charge on any atom is -0.388 e. The Morgan fingerprint density at radius 2 is 2.08 bits per heavy atom. The molecule has 1 aromatic carbocycles. The van der Waals surface area contributed by atoms with Crippen LogP contribution in [0.4, 0.5) is 5.69 Å². The molecule has 0 radical (unpaired) electrons. The minimum absolute atomic E-state index is 0.121. The quantitative estimate of drug-likeness (QED) is 0.702. The average molecular weight is 164 g/mol. The Morgan fingerprint density at radius 3 is 2.50 bits per heavy atom. The van der Waals surface area contributed by atoms with Crippen LogP contribution < -0.4 is 11.1 Å². The molecular weight excluding hydrogens is 148 g/mol. The van der Waals surface area contributed by atoms with Crippen molar-refractivity contribution in [2.24, 2.45) is 5.73 Å². The molecule has 1 aromatic rings. The number of anilines is 1. The van der Waals surface area contributed by atoms with Gasteiger partial charge in [0.2, 0.25) is 0 Å². The fourth-order valence-corrected chi connectivity index (χ4v) is 1.34. The Bertz CT molecular complexity index is 267. The summed E-state index contributed by atoms with van der Waals surface area (Å²) in [6, 6.07) is 6.35. The zero-order chi connectivity index (χ0) is 9.14. The van der Waals surface area contributed by atoms with E-state index in [-0.39, 0.29) is 6.04 Å². The van der Waals surface area contributed by atoms with Gasteiger partial charge in [0.25, 0.3) is 0 Å². The first-order valence-corrected chi connectivity index (χ1v) is 4.19. The van der Waals surface area contributed by atoms with Crippen molar-refractivity contribution in [3.63, 3.8) is 0 Å². The van der Waals surface area contributed by atoms with Crippen molar-refractivity contribution in [2.75, 3.05) is 12.4 Å². The highest BCUT2D eigenvalue weighted by Gasteiger charge is 2.02. The van der Waals surface area contributed by atoms with Crippen LogP contribution in [-0.2, 0) is 0 Å². The second kappa shape index (κ2) is 3.59. The highest BCUT2D eigenvalue weighted by atomic mass is 14.8. The lowest BCUT2D eigenvalue weighted by Crippen LogP contribution is -2.06. The first-order valence-electron chi connectivity index (χ1n) is 4.19. The van der Waals surface area contributed by atoms with Gasteiger partial charge < -0.3 is 11.1 Å². The normalized spacial score (nSPS) is 12.7. The molecule has 0 aliphatic heterocycles. The molecule has 0 amide bonds. The van der Waals surface area contributed by atoms with E-state index in [1.165, 1.54) is 11.1 Å². The molecule has 0 aliphatic rings. The second-order valence-corrected chi connectivity index (χ2v) is 3.11. The maximum atomic E-state index is 5.79. The van der Waals surface area contributed by atoms with Crippen LogP contribution in [0.15, 0.2) is 18.2 Å². The summed E-state index contributed by atoms with van der Waals surface area (Å²) < 4.78 is 0. The van der Waals surface area contributed by atoms with Gasteiger partial charge in [-0.3, -0.25) is 0 Å². The minimum atomic E-state index is 0.121. The van der Waals surface area contributed by atoms with E-state index in [0.717, 1.165) is 5.69 Å². The number of aryl methyl sites for hydroxylation is 1. The zero-order valence-electron chi connectivity index (χ0n) is 7.89. The third-order valence-corrected chi connectivity index (χ3v) is 2.05. The monoisotopic (exact) mass is 164 g/mol. The Kier molecular flexibility index (Phi) is 2.71. The van der Waals surface area contributed by atoms with Gasteiger partial charge in [-0.15, -0.1) is 0 Å². The molecule has 2 heteroatoms. The van der Waals surface area contributed by atoms with Gasteiger partial charge in [0.1, 0.15) is 0 Å².